The Bertz CT molecular complexity index is 1150. The van der Waals surface area contributed by atoms with Crippen molar-refractivity contribution in [1.82, 2.24) is 14.5 Å². The number of nitrogen functional groups attached to an aromatic ring is 1. The van der Waals surface area contributed by atoms with Gasteiger partial charge in [0, 0.05) is 26.7 Å². The first-order valence-corrected chi connectivity index (χ1v) is 10.2. The lowest BCUT2D eigenvalue weighted by atomic mass is 9.93. The smallest absolute Gasteiger partial charge is 0.330 e. The molecule has 2 heterocycles. The number of fused-ring (bicyclic) bond motifs is 1. The topological polar surface area (TPSA) is 121 Å². The van der Waals surface area contributed by atoms with Crippen molar-refractivity contribution in [1.29, 1.82) is 0 Å². The van der Waals surface area contributed by atoms with Crippen molar-refractivity contribution in [3.05, 3.63) is 62.4 Å². The highest BCUT2D eigenvalue weighted by Crippen LogP contribution is 2.33. The van der Waals surface area contributed by atoms with Gasteiger partial charge in [-0.25, -0.2) is 4.79 Å². The lowest BCUT2D eigenvalue weighted by Crippen LogP contribution is -2.41. The zero-order valence-corrected chi connectivity index (χ0v) is 17.9. The van der Waals surface area contributed by atoms with Gasteiger partial charge in [-0.05, 0) is 23.6 Å². The second kappa shape index (κ2) is 9.03. The molecule has 0 fully saturated rings. The predicted molar refractivity (Wildman–Crippen MR) is 119 cm³/mol. The second-order valence-corrected chi connectivity index (χ2v) is 7.54. The van der Waals surface area contributed by atoms with E-state index in [1.54, 1.807) is 6.20 Å². The molecule has 0 saturated carbocycles. The molecule has 1 aliphatic rings. The number of carbonyl (C=O) groups excluding carboxylic acids is 2. The van der Waals surface area contributed by atoms with Gasteiger partial charge in [0.15, 0.2) is 5.69 Å². The van der Waals surface area contributed by atoms with Crippen LogP contribution >= 0.6 is 0 Å². The monoisotopic (exact) mass is 425 g/mol. The van der Waals surface area contributed by atoms with Crippen molar-refractivity contribution in [2.24, 2.45) is 0 Å². The normalized spacial score (nSPS) is 14.9. The first-order valence-electron chi connectivity index (χ1n) is 10.2. The number of carbonyl (C=O) groups is 2. The Morgan fingerprint density at radius 3 is 2.61 bits per heavy atom. The third kappa shape index (κ3) is 4.30. The lowest BCUT2D eigenvalue weighted by molar-refractivity contribution is -0.129. The van der Waals surface area contributed by atoms with Gasteiger partial charge in [-0.3, -0.25) is 23.9 Å². The molecule has 2 aromatic rings. The van der Waals surface area contributed by atoms with E-state index in [0.29, 0.717) is 13.0 Å². The Hall–Kier alpha value is -3.62. The predicted octanol–water partition coefficient (Wildman–Crippen LogP) is 1.85. The maximum atomic E-state index is 13.2. The van der Waals surface area contributed by atoms with E-state index in [0.717, 1.165) is 22.4 Å². The SMILES string of the molecule is CCCCn1c(N)c(N(C)C(=O)C[C@@H]2c3ccccc3C=CN2C(C)=O)c(=O)[nH]c1=O. The Morgan fingerprint density at radius 1 is 1.23 bits per heavy atom. The number of hydrogen-bond donors (Lipinski definition) is 2. The number of unbranched alkanes of at least 4 members (excludes halogenated alkanes) is 1. The number of amides is 2. The van der Waals surface area contributed by atoms with Crippen molar-refractivity contribution in [2.45, 2.75) is 45.7 Å². The molecule has 1 aromatic heterocycles. The van der Waals surface area contributed by atoms with Gasteiger partial charge in [0.25, 0.3) is 5.56 Å². The summed E-state index contributed by atoms with van der Waals surface area (Å²) in [5.41, 5.74) is 6.49. The first-order chi connectivity index (χ1) is 14.8. The highest BCUT2D eigenvalue weighted by molar-refractivity contribution is 5.96. The number of anilines is 2. The van der Waals surface area contributed by atoms with Gasteiger partial charge >= 0.3 is 5.69 Å². The minimum absolute atomic E-state index is 0.0505. The molecule has 0 unspecified atom stereocenters. The van der Waals surface area contributed by atoms with Crippen LogP contribution in [0.15, 0.2) is 40.1 Å². The summed E-state index contributed by atoms with van der Waals surface area (Å²) in [6, 6.07) is 7.01. The summed E-state index contributed by atoms with van der Waals surface area (Å²) in [5, 5.41) is 0. The van der Waals surface area contributed by atoms with Gasteiger partial charge in [0.2, 0.25) is 11.8 Å². The summed E-state index contributed by atoms with van der Waals surface area (Å²) in [6.45, 7) is 3.75. The molecule has 2 amide bonds. The third-order valence-corrected chi connectivity index (χ3v) is 5.50. The first kappa shape index (κ1) is 22.1. The van der Waals surface area contributed by atoms with Crippen LogP contribution < -0.4 is 21.9 Å². The Labute approximate surface area is 179 Å². The number of nitrogens with one attached hydrogen (secondary N) is 1. The quantitative estimate of drug-likeness (QED) is 0.731. The molecule has 0 bridgehead atoms. The summed E-state index contributed by atoms with van der Waals surface area (Å²) in [4.78, 5) is 54.9. The standard InChI is InChI=1S/C22H27N5O4/c1-4-5-11-27-20(23)19(21(30)24-22(27)31)25(3)18(29)13-17-16-9-7-6-8-15(16)10-12-26(17)14(2)28/h6-10,12,17H,4-5,11,13,23H2,1-3H3,(H,24,30,31)/t17-/m1/s1. The third-order valence-electron chi connectivity index (χ3n) is 5.50. The largest absolute Gasteiger partial charge is 0.383 e. The molecule has 164 valence electrons. The Balaban J connectivity index is 1.95. The van der Waals surface area contributed by atoms with Gasteiger partial charge in [0.05, 0.1) is 12.5 Å². The van der Waals surface area contributed by atoms with E-state index in [2.05, 4.69) is 4.98 Å². The van der Waals surface area contributed by atoms with Gasteiger partial charge in [-0.2, -0.15) is 0 Å². The van der Waals surface area contributed by atoms with E-state index in [1.807, 2.05) is 37.3 Å². The molecule has 3 N–H and O–H groups in total. The number of aromatic nitrogens is 2. The van der Waals surface area contributed by atoms with E-state index in [1.165, 1.54) is 23.4 Å². The van der Waals surface area contributed by atoms with Crippen LogP contribution in [0.3, 0.4) is 0 Å². The molecular weight excluding hydrogens is 398 g/mol. The van der Waals surface area contributed by atoms with E-state index < -0.39 is 23.2 Å². The number of benzene rings is 1. The number of hydrogen-bond acceptors (Lipinski definition) is 5. The van der Waals surface area contributed by atoms with E-state index >= 15 is 0 Å². The Morgan fingerprint density at radius 2 is 1.94 bits per heavy atom. The van der Waals surface area contributed by atoms with Gasteiger partial charge in [0.1, 0.15) is 5.82 Å². The molecular formula is C22H27N5O4. The fourth-order valence-corrected chi connectivity index (χ4v) is 3.78. The second-order valence-electron chi connectivity index (χ2n) is 7.54. The summed E-state index contributed by atoms with van der Waals surface area (Å²) < 4.78 is 1.27. The maximum absolute atomic E-state index is 13.2. The average Bonchev–Trinajstić information content (AvgIpc) is 2.73. The van der Waals surface area contributed by atoms with E-state index in [-0.39, 0.29) is 23.8 Å². The molecule has 1 aromatic carbocycles. The zero-order chi connectivity index (χ0) is 22.7. The van der Waals surface area contributed by atoms with Crippen molar-refractivity contribution in [3.8, 4) is 0 Å². The molecule has 0 spiro atoms. The van der Waals surface area contributed by atoms with Crippen molar-refractivity contribution < 1.29 is 9.59 Å². The lowest BCUT2D eigenvalue weighted by Gasteiger charge is -2.33. The number of nitrogens with two attached hydrogens (primary N) is 1. The number of aromatic amines is 1. The molecule has 0 saturated heterocycles. The van der Waals surface area contributed by atoms with Crippen LogP contribution in [0.4, 0.5) is 11.5 Å². The molecule has 0 aliphatic carbocycles. The highest BCUT2D eigenvalue weighted by Gasteiger charge is 2.30. The molecule has 3 rings (SSSR count). The Kier molecular flexibility index (Phi) is 6.43. The van der Waals surface area contributed by atoms with E-state index in [4.69, 9.17) is 5.73 Å². The summed E-state index contributed by atoms with van der Waals surface area (Å²) in [5.74, 6) is -0.652. The van der Waals surface area contributed by atoms with Crippen molar-refractivity contribution in [2.75, 3.05) is 17.7 Å². The summed E-state index contributed by atoms with van der Waals surface area (Å²) in [7, 11) is 1.45. The number of H-pyrrole nitrogens is 1. The maximum Gasteiger partial charge on any atom is 0.330 e. The highest BCUT2D eigenvalue weighted by atomic mass is 16.2. The van der Waals surface area contributed by atoms with Gasteiger partial charge in [-0.15, -0.1) is 0 Å². The minimum atomic E-state index is -0.724. The van der Waals surface area contributed by atoms with Crippen LogP contribution in [0.5, 0.6) is 0 Å². The minimum Gasteiger partial charge on any atom is -0.383 e. The summed E-state index contributed by atoms with van der Waals surface area (Å²) in [6.07, 6.45) is 4.98. The fourth-order valence-electron chi connectivity index (χ4n) is 3.78. The van der Waals surface area contributed by atoms with Gasteiger partial charge < -0.3 is 15.5 Å². The molecule has 0 radical (unpaired) electrons. The van der Waals surface area contributed by atoms with Crippen LogP contribution in [-0.2, 0) is 16.1 Å². The molecule has 31 heavy (non-hydrogen) atoms. The average molecular weight is 425 g/mol. The van der Waals surface area contributed by atoms with Crippen LogP contribution in [0.25, 0.3) is 6.08 Å². The van der Waals surface area contributed by atoms with Gasteiger partial charge in [-0.1, -0.05) is 37.6 Å². The van der Waals surface area contributed by atoms with Crippen LogP contribution in [0, 0.1) is 0 Å². The van der Waals surface area contributed by atoms with Crippen LogP contribution in [0.1, 0.15) is 50.3 Å². The zero-order valence-electron chi connectivity index (χ0n) is 17.9. The molecule has 1 aliphatic heterocycles. The number of nitrogens with zero attached hydrogens (tertiary/aromatic N) is 3. The molecule has 1 atom stereocenters. The van der Waals surface area contributed by atoms with Crippen molar-refractivity contribution in [3.63, 3.8) is 0 Å². The van der Waals surface area contributed by atoms with Crippen LogP contribution in [0.2, 0.25) is 0 Å². The van der Waals surface area contributed by atoms with E-state index in [9.17, 15) is 19.2 Å². The summed E-state index contributed by atoms with van der Waals surface area (Å²) >= 11 is 0. The number of rotatable bonds is 6. The fraction of sp³-hybridized carbons (Fsp3) is 0.364. The molecule has 9 nitrogen and oxygen atoms in total. The van der Waals surface area contributed by atoms with Crippen molar-refractivity contribution >= 4 is 29.4 Å². The van der Waals surface area contributed by atoms with Crippen LogP contribution in [-0.4, -0.2) is 33.3 Å². The molecule has 9 heteroatoms.